The van der Waals surface area contributed by atoms with Crippen molar-refractivity contribution < 1.29 is 10.0 Å². The maximum Gasteiger partial charge on any atom is 0.270 e. The third-order valence-electron chi connectivity index (χ3n) is 1.96. The standard InChI is InChI=1S/C10H13BrN2O3S/c1-10(2,6-14)12-17-9-5-7(13(15)16)3-4-8(9)11/h3-5,12,14H,6H2,1-2H3. The summed E-state index contributed by atoms with van der Waals surface area (Å²) in [6.07, 6.45) is 0. The second-order valence-electron chi connectivity index (χ2n) is 4.12. The first-order valence-corrected chi connectivity index (χ1v) is 6.45. The molecule has 0 saturated heterocycles. The molecule has 0 saturated carbocycles. The zero-order valence-corrected chi connectivity index (χ0v) is 11.8. The number of hydrogen-bond donors (Lipinski definition) is 2. The monoisotopic (exact) mass is 320 g/mol. The molecule has 0 aliphatic carbocycles. The highest BCUT2D eigenvalue weighted by molar-refractivity contribution is 9.10. The highest BCUT2D eigenvalue weighted by atomic mass is 79.9. The van der Waals surface area contributed by atoms with E-state index in [0.717, 1.165) is 4.47 Å². The fourth-order valence-electron chi connectivity index (χ4n) is 0.909. The molecule has 0 heterocycles. The van der Waals surface area contributed by atoms with E-state index >= 15 is 0 Å². The second-order valence-corrected chi connectivity index (χ2v) is 5.82. The number of nitrogens with one attached hydrogen (secondary N) is 1. The van der Waals surface area contributed by atoms with Gasteiger partial charge in [-0.3, -0.25) is 14.8 Å². The highest BCUT2D eigenvalue weighted by Crippen LogP contribution is 2.30. The molecule has 7 heteroatoms. The van der Waals surface area contributed by atoms with Gasteiger partial charge in [-0.05, 0) is 47.8 Å². The van der Waals surface area contributed by atoms with Gasteiger partial charge in [0.2, 0.25) is 0 Å². The Morgan fingerprint density at radius 3 is 2.76 bits per heavy atom. The van der Waals surface area contributed by atoms with Gasteiger partial charge in [0, 0.05) is 27.0 Å². The molecular weight excluding hydrogens is 308 g/mol. The lowest BCUT2D eigenvalue weighted by atomic mass is 10.1. The fourth-order valence-corrected chi connectivity index (χ4v) is 2.19. The number of benzene rings is 1. The van der Waals surface area contributed by atoms with Crippen LogP contribution in [0.2, 0.25) is 0 Å². The molecule has 1 aromatic carbocycles. The van der Waals surface area contributed by atoms with E-state index in [4.69, 9.17) is 5.11 Å². The van der Waals surface area contributed by atoms with Crippen LogP contribution in [-0.4, -0.2) is 22.2 Å². The first-order chi connectivity index (χ1) is 7.85. The van der Waals surface area contributed by atoms with Crippen molar-refractivity contribution in [2.75, 3.05) is 6.61 Å². The summed E-state index contributed by atoms with van der Waals surface area (Å²) < 4.78 is 3.82. The van der Waals surface area contributed by atoms with Crippen LogP contribution < -0.4 is 4.72 Å². The van der Waals surface area contributed by atoms with Crippen molar-refractivity contribution in [2.45, 2.75) is 24.3 Å². The van der Waals surface area contributed by atoms with Gasteiger partial charge < -0.3 is 5.11 Å². The van der Waals surface area contributed by atoms with Gasteiger partial charge in [0.25, 0.3) is 5.69 Å². The van der Waals surface area contributed by atoms with Gasteiger partial charge in [-0.1, -0.05) is 0 Å². The van der Waals surface area contributed by atoms with Gasteiger partial charge in [-0.15, -0.1) is 0 Å². The molecule has 0 aliphatic heterocycles. The molecule has 0 atom stereocenters. The van der Waals surface area contributed by atoms with Crippen LogP contribution in [0.3, 0.4) is 0 Å². The van der Waals surface area contributed by atoms with E-state index in [1.165, 1.54) is 24.1 Å². The third kappa shape index (κ3) is 4.27. The molecule has 0 fully saturated rings. The summed E-state index contributed by atoms with van der Waals surface area (Å²) in [5, 5.41) is 19.7. The van der Waals surface area contributed by atoms with E-state index in [0.29, 0.717) is 4.90 Å². The van der Waals surface area contributed by atoms with Crippen molar-refractivity contribution in [3.63, 3.8) is 0 Å². The number of halogens is 1. The lowest BCUT2D eigenvalue weighted by Crippen LogP contribution is -2.38. The molecule has 0 bridgehead atoms. The lowest BCUT2D eigenvalue weighted by Gasteiger charge is -2.22. The Hall–Kier alpha value is -0.630. The Morgan fingerprint density at radius 2 is 2.24 bits per heavy atom. The smallest absolute Gasteiger partial charge is 0.270 e. The molecule has 94 valence electrons. The maximum atomic E-state index is 10.6. The van der Waals surface area contributed by atoms with Crippen molar-refractivity contribution in [1.29, 1.82) is 0 Å². The van der Waals surface area contributed by atoms with Crippen LogP contribution in [0.25, 0.3) is 0 Å². The summed E-state index contributed by atoms with van der Waals surface area (Å²) >= 11 is 4.57. The number of hydrogen-bond acceptors (Lipinski definition) is 5. The van der Waals surface area contributed by atoms with Crippen LogP contribution in [0.15, 0.2) is 27.6 Å². The number of aliphatic hydroxyl groups excluding tert-OH is 1. The van der Waals surface area contributed by atoms with Gasteiger partial charge in [0.15, 0.2) is 0 Å². The fraction of sp³-hybridized carbons (Fsp3) is 0.400. The average molecular weight is 321 g/mol. The van der Waals surface area contributed by atoms with E-state index in [2.05, 4.69) is 20.7 Å². The van der Waals surface area contributed by atoms with Crippen LogP contribution in [0.4, 0.5) is 5.69 Å². The molecule has 5 nitrogen and oxygen atoms in total. The molecule has 0 radical (unpaired) electrons. The van der Waals surface area contributed by atoms with Gasteiger partial charge >= 0.3 is 0 Å². The summed E-state index contributed by atoms with van der Waals surface area (Å²) in [5.74, 6) is 0. The second kappa shape index (κ2) is 5.81. The normalized spacial score (nSPS) is 11.5. The summed E-state index contributed by atoms with van der Waals surface area (Å²) in [6.45, 7) is 3.66. The third-order valence-corrected chi connectivity index (χ3v) is 4.12. The average Bonchev–Trinajstić information content (AvgIpc) is 2.27. The van der Waals surface area contributed by atoms with Crippen molar-refractivity contribution in [3.8, 4) is 0 Å². The van der Waals surface area contributed by atoms with Crippen molar-refractivity contribution in [1.82, 2.24) is 4.72 Å². The Morgan fingerprint density at radius 1 is 1.59 bits per heavy atom. The van der Waals surface area contributed by atoms with Crippen molar-refractivity contribution in [3.05, 3.63) is 32.8 Å². The van der Waals surface area contributed by atoms with E-state index in [-0.39, 0.29) is 12.3 Å². The van der Waals surface area contributed by atoms with Gasteiger partial charge in [-0.2, -0.15) is 0 Å². The molecule has 17 heavy (non-hydrogen) atoms. The number of nitrogens with zero attached hydrogens (tertiary/aromatic N) is 1. The predicted molar refractivity (Wildman–Crippen MR) is 71.0 cm³/mol. The zero-order valence-electron chi connectivity index (χ0n) is 9.44. The van der Waals surface area contributed by atoms with E-state index in [1.807, 2.05) is 13.8 Å². The number of aliphatic hydroxyl groups is 1. The molecule has 0 unspecified atom stereocenters. The maximum absolute atomic E-state index is 10.6. The minimum absolute atomic E-state index is 0.0213. The SMILES string of the molecule is CC(C)(CO)NSc1cc([N+](=O)[O-])ccc1Br. The number of non-ortho nitro benzene ring substituents is 1. The molecular formula is C10H13BrN2O3S. The Labute approximate surface area is 112 Å². The summed E-state index contributed by atoms with van der Waals surface area (Å²) in [4.78, 5) is 10.9. The van der Waals surface area contributed by atoms with E-state index < -0.39 is 10.5 Å². The summed E-state index contributed by atoms with van der Waals surface area (Å²) in [6, 6.07) is 4.55. The van der Waals surface area contributed by atoms with Crippen LogP contribution in [0.1, 0.15) is 13.8 Å². The number of rotatable bonds is 5. The molecule has 1 rings (SSSR count). The van der Waals surface area contributed by atoms with Gasteiger partial charge in [0.1, 0.15) is 0 Å². The highest BCUT2D eigenvalue weighted by Gasteiger charge is 2.17. The topological polar surface area (TPSA) is 75.4 Å². The van der Waals surface area contributed by atoms with Crippen LogP contribution in [-0.2, 0) is 0 Å². The summed E-state index contributed by atoms with van der Waals surface area (Å²) in [7, 11) is 0. The Kier molecular flexibility index (Phi) is 4.93. The van der Waals surface area contributed by atoms with Crippen molar-refractivity contribution in [2.24, 2.45) is 0 Å². The molecule has 0 amide bonds. The van der Waals surface area contributed by atoms with Crippen LogP contribution in [0.5, 0.6) is 0 Å². The minimum atomic E-state index is -0.450. The largest absolute Gasteiger partial charge is 0.394 e. The molecule has 0 aliphatic rings. The lowest BCUT2D eigenvalue weighted by molar-refractivity contribution is -0.385. The molecule has 1 aromatic rings. The molecule has 0 aromatic heterocycles. The van der Waals surface area contributed by atoms with Gasteiger partial charge in [-0.25, -0.2) is 0 Å². The summed E-state index contributed by atoms with van der Waals surface area (Å²) in [5.41, 5.74) is -0.409. The quantitative estimate of drug-likeness (QED) is 0.495. The number of nitro groups is 1. The van der Waals surface area contributed by atoms with E-state index in [9.17, 15) is 10.1 Å². The Balaban J connectivity index is 2.83. The van der Waals surface area contributed by atoms with Gasteiger partial charge in [0.05, 0.1) is 11.5 Å². The van der Waals surface area contributed by atoms with Crippen LogP contribution in [0, 0.1) is 10.1 Å². The predicted octanol–water partition coefficient (Wildman–Crippen LogP) is 2.72. The number of nitro benzene ring substituents is 1. The molecule has 2 N–H and O–H groups in total. The van der Waals surface area contributed by atoms with Crippen molar-refractivity contribution >= 4 is 33.6 Å². The first kappa shape index (κ1) is 14.4. The minimum Gasteiger partial charge on any atom is -0.394 e. The van der Waals surface area contributed by atoms with Crippen LogP contribution >= 0.6 is 27.9 Å². The first-order valence-electron chi connectivity index (χ1n) is 4.84. The molecule has 0 spiro atoms. The Bertz CT molecular complexity index is 426. The zero-order chi connectivity index (χ0) is 13.1. The van der Waals surface area contributed by atoms with E-state index in [1.54, 1.807) is 6.07 Å².